The third kappa shape index (κ3) is 4.28. The minimum Gasteiger partial charge on any atom is -0.481 e. The number of rotatable bonds is 5. The normalized spacial score (nSPS) is 12.9. The van der Waals surface area contributed by atoms with Crippen molar-refractivity contribution in [1.82, 2.24) is 19.5 Å². The van der Waals surface area contributed by atoms with Crippen LogP contribution >= 0.6 is 23.2 Å². The monoisotopic (exact) mass is 484 g/mol. The number of fused-ring (bicyclic) bond motifs is 1. The molecule has 4 rings (SSSR count). The van der Waals surface area contributed by atoms with Crippen LogP contribution in [0.15, 0.2) is 41.2 Å². The largest absolute Gasteiger partial charge is 0.481 e. The fourth-order valence-electron chi connectivity index (χ4n) is 3.15. The Hall–Kier alpha value is -3.11. The fourth-order valence-corrected chi connectivity index (χ4v) is 3.68. The van der Waals surface area contributed by atoms with Crippen LogP contribution in [0.3, 0.4) is 0 Å². The van der Waals surface area contributed by atoms with Crippen molar-refractivity contribution in [3.63, 3.8) is 0 Å². The van der Waals surface area contributed by atoms with Gasteiger partial charge < -0.3 is 14.0 Å². The summed E-state index contributed by atoms with van der Waals surface area (Å²) in [5.74, 6) is -1.06. The van der Waals surface area contributed by atoms with Crippen LogP contribution in [0.4, 0.5) is 13.2 Å². The summed E-state index contributed by atoms with van der Waals surface area (Å²) in [4.78, 5) is 19.3. The van der Waals surface area contributed by atoms with E-state index in [1.807, 2.05) is 0 Å². The van der Waals surface area contributed by atoms with Crippen LogP contribution in [0.1, 0.15) is 30.4 Å². The standard InChI is InChI=1S/C20H13Cl2F3N4O3/c1-9(4-16(30)31)10-2-3-12(13(21)5-10)17-27-19(32-28-17)15-8-29-7-11(20(23,24)25)6-14(22)18(29)26-15/h2-3,5-9H,4H2,1H3,(H,30,31). The molecule has 166 valence electrons. The predicted molar refractivity (Wildman–Crippen MR) is 110 cm³/mol. The van der Waals surface area contributed by atoms with Crippen LogP contribution in [0.5, 0.6) is 0 Å². The van der Waals surface area contributed by atoms with E-state index in [0.717, 1.165) is 22.2 Å². The van der Waals surface area contributed by atoms with Crippen molar-refractivity contribution in [2.75, 3.05) is 0 Å². The van der Waals surface area contributed by atoms with Crippen molar-refractivity contribution < 1.29 is 27.6 Å². The zero-order valence-electron chi connectivity index (χ0n) is 16.2. The minimum absolute atomic E-state index is 0.0345. The smallest absolute Gasteiger partial charge is 0.417 e. The zero-order valence-corrected chi connectivity index (χ0v) is 17.7. The van der Waals surface area contributed by atoms with Gasteiger partial charge in [-0.05, 0) is 29.7 Å². The molecule has 0 aliphatic rings. The number of hydrogen-bond acceptors (Lipinski definition) is 5. The lowest BCUT2D eigenvalue weighted by Crippen LogP contribution is -2.06. The van der Waals surface area contributed by atoms with Gasteiger partial charge in [0.25, 0.3) is 5.89 Å². The van der Waals surface area contributed by atoms with Gasteiger partial charge in [0, 0.05) is 18.0 Å². The summed E-state index contributed by atoms with van der Waals surface area (Å²) in [7, 11) is 0. The van der Waals surface area contributed by atoms with Gasteiger partial charge in [-0.25, -0.2) is 4.98 Å². The van der Waals surface area contributed by atoms with E-state index in [1.165, 1.54) is 6.20 Å². The molecule has 0 aliphatic heterocycles. The van der Waals surface area contributed by atoms with E-state index in [9.17, 15) is 18.0 Å². The van der Waals surface area contributed by atoms with Crippen LogP contribution < -0.4 is 0 Å². The molecule has 0 radical (unpaired) electrons. The first-order valence-corrected chi connectivity index (χ1v) is 9.89. The quantitative estimate of drug-likeness (QED) is 0.375. The van der Waals surface area contributed by atoms with Crippen molar-refractivity contribution in [3.05, 3.63) is 57.8 Å². The predicted octanol–water partition coefficient (Wildman–Crippen LogP) is 5.96. The number of carboxylic acid groups (broad SMARTS) is 1. The number of hydrogen-bond donors (Lipinski definition) is 1. The summed E-state index contributed by atoms with van der Waals surface area (Å²) >= 11 is 12.3. The number of benzene rings is 1. The van der Waals surface area contributed by atoms with E-state index in [0.29, 0.717) is 10.6 Å². The van der Waals surface area contributed by atoms with Gasteiger partial charge in [0.15, 0.2) is 5.65 Å². The summed E-state index contributed by atoms with van der Waals surface area (Å²) in [6, 6.07) is 5.78. The maximum absolute atomic E-state index is 13.0. The number of pyridine rings is 1. The van der Waals surface area contributed by atoms with Crippen LogP contribution in [0.25, 0.3) is 28.6 Å². The van der Waals surface area contributed by atoms with E-state index in [2.05, 4.69) is 15.1 Å². The molecule has 1 unspecified atom stereocenters. The lowest BCUT2D eigenvalue weighted by molar-refractivity contribution is -0.138. The molecule has 0 fully saturated rings. The fraction of sp³-hybridized carbons (Fsp3) is 0.200. The number of alkyl halides is 3. The second-order valence-electron chi connectivity index (χ2n) is 7.09. The highest BCUT2D eigenvalue weighted by atomic mass is 35.5. The van der Waals surface area contributed by atoms with E-state index in [1.54, 1.807) is 25.1 Å². The molecule has 7 nitrogen and oxygen atoms in total. The first-order valence-electron chi connectivity index (χ1n) is 9.14. The molecular weight excluding hydrogens is 472 g/mol. The third-order valence-corrected chi connectivity index (χ3v) is 5.35. The number of halogens is 5. The molecule has 1 atom stereocenters. The SMILES string of the molecule is CC(CC(=O)O)c1ccc(-c2noc(-c3cn4cc(C(F)(F)F)cc(Cl)c4n3)n2)c(Cl)c1. The maximum atomic E-state index is 13.0. The lowest BCUT2D eigenvalue weighted by atomic mass is 9.97. The Morgan fingerprint density at radius 1 is 1.19 bits per heavy atom. The van der Waals surface area contributed by atoms with Gasteiger partial charge in [0.2, 0.25) is 5.82 Å². The molecule has 32 heavy (non-hydrogen) atoms. The van der Waals surface area contributed by atoms with Crippen molar-refractivity contribution in [2.45, 2.75) is 25.4 Å². The molecule has 0 saturated heterocycles. The highest BCUT2D eigenvalue weighted by Gasteiger charge is 2.32. The van der Waals surface area contributed by atoms with Gasteiger partial charge in [0.05, 0.1) is 22.0 Å². The lowest BCUT2D eigenvalue weighted by Gasteiger charge is -2.10. The summed E-state index contributed by atoms with van der Waals surface area (Å²) < 4.78 is 45.4. The van der Waals surface area contributed by atoms with Gasteiger partial charge in [0.1, 0.15) is 5.69 Å². The van der Waals surface area contributed by atoms with Crippen molar-refractivity contribution in [1.29, 1.82) is 0 Å². The molecular formula is C20H13Cl2F3N4O3. The van der Waals surface area contributed by atoms with Gasteiger partial charge in [-0.2, -0.15) is 18.2 Å². The number of aromatic nitrogens is 4. The first kappa shape index (κ1) is 22.1. The average molecular weight is 485 g/mol. The Kier molecular flexibility index (Phi) is 5.59. The molecule has 0 spiro atoms. The van der Waals surface area contributed by atoms with E-state index < -0.39 is 17.7 Å². The maximum Gasteiger partial charge on any atom is 0.417 e. The molecule has 0 aliphatic carbocycles. The zero-order chi connectivity index (χ0) is 23.2. The Bertz CT molecular complexity index is 1330. The van der Waals surface area contributed by atoms with Crippen LogP contribution in [-0.4, -0.2) is 30.6 Å². The molecule has 3 heterocycles. The van der Waals surface area contributed by atoms with Crippen LogP contribution in [-0.2, 0) is 11.0 Å². The number of aliphatic carboxylic acids is 1. The van der Waals surface area contributed by atoms with Crippen molar-refractivity contribution >= 4 is 34.8 Å². The molecule has 0 bridgehead atoms. The molecule has 0 saturated carbocycles. The minimum atomic E-state index is -4.56. The Labute approximate surface area is 188 Å². The summed E-state index contributed by atoms with van der Waals surface area (Å²) in [5, 5.41) is 12.9. The van der Waals surface area contributed by atoms with Gasteiger partial charge >= 0.3 is 12.1 Å². The van der Waals surface area contributed by atoms with Gasteiger partial charge in [-0.15, -0.1) is 0 Å². The van der Waals surface area contributed by atoms with Gasteiger partial charge in [-0.1, -0.05) is 41.3 Å². The molecule has 12 heteroatoms. The third-order valence-electron chi connectivity index (χ3n) is 4.76. The summed E-state index contributed by atoms with van der Waals surface area (Å²) in [6.07, 6.45) is -2.45. The molecule has 3 aromatic heterocycles. The van der Waals surface area contributed by atoms with Crippen LogP contribution in [0.2, 0.25) is 10.0 Å². The van der Waals surface area contributed by atoms with Gasteiger partial charge in [-0.3, -0.25) is 4.79 Å². The van der Waals surface area contributed by atoms with E-state index in [4.69, 9.17) is 32.8 Å². The average Bonchev–Trinajstić information content (AvgIpc) is 3.33. The van der Waals surface area contributed by atoms with Crippen LogP contribution in [0, 0.1) is 0 Å². The highest BCUT2D eigenvalue weighted by molar-refractivity contribution is 6.33. The van der Waals surface area contributed by atoms with Crippen molar-refractivity contribution in [3.8, 4) is 23.0 Å². The Morgan fingerprint density at radius 3 is 2.59 bits per heavy atom. The van der Waals surface area contributed by atoms with E-state index >= 15 is 0 Å². The molecule has 1 aromatic carbocycles. The van der Waals surface area contributed by atoms with Crippen molar-refractivity contribution in [2.24, 2.45) is 0 Å². The number of nitrogens with zero attached hydrogens (tertiary/aromatic N) is 4. The molecule has 4 aromatic rings. The summed E-state index contributed by atoms with van der Waals surface area (Å²) in [5.41, 5.74) is 0.487. The number of carboxylic acids is 1. The first-order chi connectivity index (χ1) is 15.0. The summed E-state index contributed by atoms with van der Waals surface area (Å²) in [6.45, 7) is 1.77. The highest BCUT2D eigenvalue weighted by Crippen LogP contribution is 2.34. The van der Waals surface area contributed by atoms with E-state index in [-0.39, 0.29) is 40.4 Å². The topological polar surface area (TPSA) is 93.5 Å². The number of imidazole rings is 1. The second kappa shape index (κ2) is 8.10. The molecule has 0 amide bonds. The number of carbonyl (C=O) groups is 1. The second-order valence-corrected chi connectivity index (χ2v) is 7.91. The Morgan fingerprint density at radius 2 is 1.94 bits per heavy atom. The molecule has 1 N–H and O–H groups in total. The Balaban J connectivity index is 1.66.